The van der Waals surface area contributed by atoms with Gasteiger partial charge in [-0.2, -0.15) is 5.10 Å². The van der Waals surface area contributed by atoms with Gasteiger partial charge in [0.2, 0.25) is 0 Å². The Morgan fingerprint density at radius 3 is 2.93 bits per heavy atom. The molecule has 1 aromatic rings. The largest absolute Gasteiger partial charge is 0.314 e. The van der Waals surface area contributed by atoms with Crippen molar-refractivity contribution in [2.24, 2.45) is 0 Å². The van der Waals surface area contributed by atoms with E-state index in [1.54, 1.807) is 6.20 Å². The number of nitrogens with zero attached hydrogens (tertiary/aromatic N) is 4. The van der Waals surface area contributed by atoms with E-state index in [2.05, 4.69) is 25.4 Å². The van der Waals surface area contributed by atoms with Crippen LogP contribution in [0, 0.1) is 0 Å². The molecule has 0 saturated carbocycles. The first-order chi connectivity index (χ1) is 6.95. The molecule has 1 fully saturated rings. The second-order valence-electron chi connectivity index (χ2n) is 3.44. The van der Waals surface area contributed by atoms with Gasteiger partial charge >= 0.3 is 0 Å². The second-order valence-corrected chi connectivity index (χ2v) is 3.44. The van der Waals surface area contributed by atoms with Crippen LogP contribution in [0.3, 0.4) is 0 Å². The van der Waals surface area contributed by atoms with Crippen LogP contribution in [0.1, 0.15) is 5.69 Å². The van der Waals surface area contributed by atoms with Crippen molar-refractivity contribution in [3.05, 3.63) is 18.2 Å². The molecule has 0 aromatic carbocycles. The zero-order chi connectivity index (χ0) is 9.64. The molecule has 5 heteroatoms. The molecule has 1 N–H and O–H groups in total. The Morgan fingerprint density at radius 2 is 2.21 bits per heavy atom. The summed E-state index contributed by atoms with van der Waals surface area (Å²) < 4.78 is 0. The van der Waals surface area contributed by atoms with E-state index in [1.807, 2.05) is 0 Å². The van der Waals surface area contributed by atoms with E-state index >= 15 is 0 Å². The minimum Gasteiger partial charge on any atom is -0.314 e. The lowest BCUT2D eigenvalue weighted by atomic mass is 10.3. The average Bonchev–Trinajstić information content (AvgIpc) is 2.29. The number of piperazine rings is 1. The van der Waals surface area contributed by atoms with E-state index in [1.165, 1.54) is 6.33 Å². The predicted octanol–water partition coefficient (Wildman–Crippen LogP) is -0.681. The molecular weight excluding hydrogens is 178 g/mol. The highest BCUT2D eigenvalue weighted by Crippen LogP contribution is 1.96. The molecule has 0 spiro atoms. The van der Waals surface area contributed by atoms with Gasteiger partial charge in [0.15, 0.2) is 0 Å². The molecule has 1 aliphatic rings. The van der Waals surface area contributed by atoms with Crippen molar-refractivity contribution < 1.29 is 0 Å². The summed E-state index contributed by atoms with van der Waals surface area (Å²) in [5, 5.41) is 11.1. The summed E-state index contributed by atoms with van der Waals surface area (Å²) >= 11 is 0. The van der Waals surface area contributed by atoms with Crippen LogP contribution in [0.25, 0.3) is 0 Å². The number of aromatic nitrogens is 3. The van der Waals surface area contributed by atoms with E-state index in [0.29, 0.717) is 0 Å². The summed E-state index contributed by atoms with van der Waals surface area (Å²) in [6.07, 6.45) is 4.20. The first-order valence-electron chi connectivity index (χ1n) is 5.00. The summed E-state index contributed by atoms with van der Waals surface area (Å²) in [5.74, 6) is 0. The monoisotopic (exact) mass is 193 g/mol. The Morgan fingerprint density at radius 1 is 1.36 bits per heavy atom. The molecule has 0 bridgehead atoms. The molecule has 0 unspecified atom stereocenters. The van der Waals surface area contributed by atoms with Crippen molar-refractivity contribution in [1.29, 1.82) is 0 Å². The fourth-order valence-corrected chi connectivity index (χ4v) is 1.60. The smallest absolute Gasteiger partial charge is 0.138 e. The van der Waals surface area contributed by atoms with Gasteiger partial charge in [-0.15, -0.1) is 5.10 Å². The Hall–Kier alpha value is -1.07. The van der Waals surface area contributed by atoms with Crippen molar-refractivity contribution in [2.75, 3.05) is 32.7 Å². The van der Waals surface area contributed by atoms with Crippen LogP contribution in [-0.2, 0) is 6.42 Å². The summed E-state index contributed by atoms with van der Waals surface area (Å²) in [6.45, 7) is 5.51. The molecule has 0 atom stereocenters. The zero-order valence-corrected chi connectivity index (χ0v) is 8.19. The van der Waals surface area contributed by atoms with Gasteiger partial charge in [-0.25, -0.2) is 4.98 Å². The van der Waals surface area contributed by atoms with E-state index in [-0.39, 0.29) is 0 Å². The second kappa shape index (κ2) is 4.97. The summed E-state index contributed by atoms with van der Waals surface area (Å²) in [6, 6.07) is 0. The van der Waals surface area contributed by atoms with E-state index < -0.39 is 0 Å². The van der Waals surface area contributed by atoms with Crippen LogP contribution in [0.2, 0.25) is 0 Å². The molecule has 1 saturated heterocycles. The Kier molecular flexibility index (Phi) is 3.37. The van der Waals surface area contributed by atoms with Crippen molar-refractivity contribution in [3.63, 3.8) is 0 Å². The number of rotatable bonds is 3. The van der Waals surface area contributed by atoms with Crippen molar-refractivity contribution in [1.82, 2.24) is 25.4 Å². The van der Waals surface area contributed by atoms with E-state index in [0.717, 1.165) is 44.8 Å². The molecule has 1 aliphatic heterocycles. The molecule has 2 rings (SSSR count). The quantitative estimate of drug-likeness (QED) is 0.689. The van der Waals surface area contributed by atoms with Crippen molar-refractivity contribution >= 4 is 0 Å². The van der Waals surface area contributed by atoms with E-state index in [9.17, 15) is 0 Å². The zero-order valence-electron chi connectivity index (χ0n) is 8.19. The van der Waals surface area contributed by atoms with Crippen LogP contribution >= 0.6 is 0 Å². The van der Waals surface area contributed by atoms with Crippen LogP contribution in [-0.4, -0.2) is 52.8 Å². The van der Waals surface area contributed by atoms with E-state index in [4.69, 9.17) is 0 Å². The van der Waals surface area contributed by atoms with Crippen molar-refractivity contribution in [2.45, 2.75) is 6.42 Å². The van der Waals surface area contributed by atoms with Crippen LogP contribution in [0.15, 0.2) is 12.5 Å². The van der Waals surface area contributed by atoms with Crippen LogP contribution in [0.4, 0.5) is 0 Å². The summed E-state index contributed by atoms with van der Waals surface area (Å²) in [4.78, 5) is 6.38. The first kappa shape index (κ1) is 9.48. The predicted molar refractivity (Wildman–Crippen MR) is 52.8 cm³/mol. The van der Waals surface area contributed by atoms with Gasteiger partial charge in [-0.05, 0) is 0 Å². The molecular formula is C9H15N5. The SMILES string of the molecule is c1ncc(CCN2CCNCC2)nn1. The Labute approximate surface area is 83.6 Å². The first-order valence-corrected chi connectivity index (χ1v) is 5.00. The summed E-state index contributed by atoms with van der Waals surface area (Å²) in [5.41, 5.74) is 0.978. The minimum absolute atomic E-state index is 0.945. The summed E-state index contributed by atoms with van der Waals surface area (Å²) in [7, 11) is 0. The normalized spacial score (nSPS) is 18.3. The van der Waals surface area contributed by atoms with Crippen LogP contribution < -0.4 is 5.32 Å². The number of hydrogen-bond donors (Lipinski definition) is 1. The lowest BCUT2D eigenvalue weighted by molar-refractivity contribution is 0.243. The van der Waals surface area contributed by atoms with Gasteiger partial charge in [0.25, 0.3) is 0 Å². The fourth-order valence-electron chi connectivity index (χ4n) is 1.60. The standard InChI is InChI=1S/C9H15N5/c1(9-7-11-8-12-13-9)4-14-5-2-10-3-6-14/h7-8,10H,1-6H2. The highest BCUT2D eigenvalue weighted by atomic mass is 15.2. The molecule has 0 amide bonds. The van der Waals surface area contributed by atoms with Gasteiger partial charge in [0.1, 0.15) is 6.33 Å². The molecule has 2 heterocycles. The van der Waals surface area contributed by atoms with Gasteiger partial charge < -0.3 is 10.2 Å². The average molecular weight is 193 g/mol. The molecule has 5 nitrogen and oxygen atoms in total. The molecule has 14 heavy (non-hydrogen) atoms. The van der Waals surface area contributed by atoms with Gasteiger partial charge in [0, 0.05) is 39.1 Å². The lowest BCUT2D eigenvalue weighted by Gasteiger charge is -2.26. The maximum atomic E-state index is 4.01. The van der Waals surface area contributed by atoms with Gasteiger partial charge in [0.05, 0.1) is 11.9 Å². The Balaban J connectivity index is 1.76. The third-order valence-corrected chi connectivity index (χ3v) is 2.42. The van der Waals surface area contributed by atoms with Crippen LogP contribution in [0.5, 0.6) is 0 Å². The maximum Gasteiger partial charge on any atom is 0.138 e. The third kappa shape index (κ3) is 2.71. The highest BCUT2D eigenvalue weighted by Gasteiger charge is 2.09. The Bertz CT molecular complexity index is 257. The molecule has 76 valence electrons. The minimum atomic E-state index is 0.945. The highest BCUT2D eigenvalue weighted by molar-refractivity contribution is 4.91. The van der Waals surface area contributed by atoms with Crippen molar-refractivity contribution in [3.8, 4) is 0 Å². The van der Waals surface area contributed by atoms with Gasteiger partial charge in [-0.3, -0.25) is 0 Å². The third-order valence-electron chi connectivity index (χ3n) is 2.42. The number of nitrogens with one attached hydrogen (secondary N) is 1. The molecule has 0 radical (unpaired) electrons. The molecule has 1 aromatic heterocycles. The number of hydrogen-bond acceptors (Lipinski definition) is 5. The molecule has 0 aliphatic carbocycles. The fraction of sp³-hybridized carbons (Fsp3) is 0.667. The topological polar surface area (TPSA) is 53.9 Å². The maximum absolute atomic E-state index is 4.01. The van der Waals surface area contributed by atoms with Gasteiger partial charge in [-0.1, -0.05) is 0 Å². The lowest BCUT2D eigenvalue weighted by Crippen LogP contribution is -2.44.